The zero-order valence-electron chi connectivity index (χ0n) is 21.7. The predicted octanol–water partition coefficient (Wildman–Crippen LogP) is 5.66. The molecule has 1 saturated heterocycles. The number of halogens is 1. The number of aromatic amines is 1. The van der Waals surface area contributed by atoms with Crippen LogP contribution in [0, 0.1) is 11.3 Å². The third-order valence-electron chi connectivity index (χ3n) is 7.74. The number of likely N-dealkylation sites (N-methyl/N-ethyl adjacent to an activating group) is 1. The summed E-state index contributed by atoms with van der Waals surface area (Å²) in [6.45, 7) is 3.69. The molecule has 9 heteroatoms. The molecule has 5 aromatic rings. The van der Waals surface area contributed by atoms with Crippen molar-refractivity contribution in [3.63, 3.8) is 0 Å². The second-order valence-corrected chi connectivity index (χ2v) is 11.7. The van der Waals surface area contributed by atoms with Crippen LogP contribution < -0.4 is 5.43 Å². The fourth-order valence-electron chi connectivity index (χ4n) is 5.80. The quantitative estimate of drug-likeness (QED) is 0.279. The number of nitrogens with one attached hydrogen (secondary N) is 1. The third kappa shape index (κ3) is 4.20. The lowest BCUT2D eigenvalue weighted by Gasteiger charge is -2.39. The van der Waals surface area contributed by atoms with Crippen molar-refractivity contribution in [2.24, 2.45) is 0 Å². The van der Waals surface area contributed by atoms with Crippen LogP contribution in [0.15, 0.2) is 64.3 Å². The van der Waals surface area contributed by atoms with Gasteiger partial charge in [-0.15, -0.1) is 3.89 Å². The summed E-state index contributed by atoms with van der Waals surface area (Å²) in [5.74, 6) is 0. The molecule has 1 aliphatic rings. The number of unbranched alkanes of at least 4 members (excludes halogenated alkanes) is 1. The number of fused-ring (bicyclic) bond motifs is 4. The second kappa shape index (κ2) is 9.33. The number of benzene rings is 3. The number of H-pyrrole nitrogens is 1. The van der Waals surface area contributed by atoms with Gasteiger partial charge >= 0.3 is 10.2 Å². The fourth-order valence-corrected chi connectivity index (χ4v) is 6.31. The Labute approximate surface area is 225 Å². The van der Waals surface area contributed by atoms with Crippen LogP contribution in [0.25, 0.3) is 44.0 Å². The van der Waals surface area contributed by atoms with Crippen LogP contribution in [0.4, 0.5) is 3.89 Å². The molecule has 0 bridgehead atoms. The molecule has 1 fully saturated rings. The number of pyridine rings is 1. The summed E-state index contributed by atoms with van der Waals surface area (Å²) in [6.07, 6.45) is 2.52. The Morgan fingerprint density at radius 3 is 2.59 bits per heavy atom. The van der Waals surface area contributed by atoms with Gasteiger partial charge in [-0.25, -0.2) is 0 Å². The van der Waals surface area contributed by atoms with Crippen molar-refractivity contribution in [1.29, 1.82) is 5.26 Å². The topological polar surface area (TPSA) is 99.0 Å². The highest BCUT2D eigenvalue weighted by Gasteiger charge is 2.29. The molecule has 198 valence electrons. The van der Waals surface area contributed by atoms with E-state index in [0.717, 1.165) is 53.5 Å². The molecule has 3 heterocycles. The number of rotatable bonds is 6. The SMILES string of the molecule is CCCCc1cc2c(=O)c3c4ccc(C#N)cc4[nH]c3n(C3CN(C)C3)c2cc1-c1cccc(S(=O)(=O)F)c1. The maximum atomic E-state index is 14.1. The molecule has 6 rings (SSSR count). The van der Waals surface area contributed by atoms with Crippen LogP contribution in [0.2, 0.25) is 0 Å². The van der Waals surface area contributed by atoms with Gasteiger partial charge in [-0.05, 0) is 73.0 Å². The molecule has 1 N–H and O–H groups in total. The highest BCUT2D eigenvalue weighted by molar-refractivity contribution is 7.86. The minimum atomic E-state index is -4.87. The number of nitrogens with zero attached hydrogens (tertiary/aromatic N) is 3. The Morgan fingerprint density at radius 1 is 1.10 bits per heavy atom. The van der Waals surface area contributed by atoms with Gasteiger partial charge in [0.25, 0.3) is 0 Å². The van der Waals surface area contributed by atoms with E-state index in [-0.39, 0.29) is 16.4 Å². The van der Waals surface area contributed by atoms with Crippen molar-refractivity contribution in [3.05, 3.63) is 75.9 Å². The van der Waals surface area contributed by atoms with E-state index in [1.54, 1.807) is 18.2 Å². The lowest BCUT2D eigenvalue weighted by molar-refractivity contribution is 0.146. The minimum absolute atomic E-state index is 0.0933. The molecule has 2 aromatic heterocycles. The zero-order chi connectivity index (χ0) is 27.5. The van der Waals surface area contributed by atoms with E-state index < -0.39 is 10.2 Å². The number of likely N-dealkylation sites (tertiary alicyclic amines) is 1. The molecule has 0 aliphatic carbocycles. The van der Waals surface area contributed by atoms with E-state index in [1.165, 1.54) is 18.2 Å². The highest BCUT2D eigenvalue weighted by atomic mass is 32.3. The van der Waals surface area contributed by atoms with Crippen molar-refractivity contribution >= 4 is 43.1 Å². The van der Waals surface area contributed by atoms with Crippen molar-refractivity contribution in [2.45, 2.75) is 37.1 Å². The van der Waals surface area contributed by atoms with E-state index in [0.29, 0.717) is 34.0 Å². The van der Waals surface area contributed by atoms with Gasteiger partial charge in [0.15, 0.2) is 5.43 Å². The summed E-state index contributed by atoms with van der Waals surface area (Å²) in [7, 11) is -2.83. The summed E-state index contributed by atoms with van der Waals surface area (Å²) in [5.41, 5.74) is 4.86. The molecular weight excluding hydrogens is 515 g/mol. The molecule has 3 aromatic carbocycles. The average molecular weight is 543 g/mol. The monoisotopic (exact) mass is 542 g/mol. The number of hydrogen-bond donors (Lipinski definition) is 1. The van der Waals surface area contributed by atoms with Crippen molar-refractivity contribution in [1.82, 2.24) is 14.5 Å². The van der Waals surface area contributed by atoms with Crippen molar-refractivity contribution in [2.75, 3.05) is 20.1 Å². The molecule has 1 aliphatic heterocycles. The lowest BCUT2D eigenvalue weighted by Crippen LogP contribution is -2.45. The Balaban J connectivity index is 1.72. The van der Waals surface area contributed by atoms with Gasteiger partial charge in [0.1, 0.15) is 5.65 Å². The van der Waals surface area contributed by atoms with Gasteiger partial charge in [0, 0.05) is 29.4 Å². The van der Waals surface area contributed by atoms with Crippen LogP contribution in [0.5, 0.6) is 0 Å². The molecule has 0 unspecified atom stereocenters. The van der Waals surface area contributed by atoms with Crippen LogP contribution in [-0.2, 0) is 16.6 Å². The highest BCUT2D eigenvalue weighted by Crippen LogP contribution is 2.36. The summed E-state index contributed by atoms with van der Waals surface area (Å²) < 4.78 is 39.5. The Morgan fingerprint density at radius 2 is 1.90 bits per heavy atom. The van der Waals surface area contributed by atoms with Gasteiger partial charge in [0.2, 0.25) is 0 Å². The summed E-state index contributed by atoms with van der Waals surface area (Å²) >= 11 is 0. The molecule has 39 heavy (non-hydrogen) atoms. The number of aryl methyl sites for hydroxylation is 1. The third-order valence-corrected chi connectivity index (χ3v) is 8.55. The van der Waals surface area contributed by atoms with Crippen LogP contribution in [-0.4, -0.2) is 43.0 Å². The van der Waals surface area contributed by atoms with Crippen molar-refractivity contribution < 1.29 is 12.3 Å². The molecule has 0 atom stereocenters. The minimum Gasteiger partial charge on any atom is -0.340 e. The number of aromatic nitrogens is 2. The normalized spacial score (nSPS) is 14.7. The predicted molar refractivity (Wildman–Crippen MR) is 151 cm³/mol. The standard InChI is InChI=1S/C30H27FN4O3S/c1-3-4-6-20-13-25-27(14-24(20)19-7-5-8-22(12-19)39(31,37)38)35(21-16-34(2)17-21)30-28(29(25)36)23-10-9-18(15-32)11-26(23)33-30/h5,7-14,21,33H,3-4,6,16-17H2,1-2H3. The first-order chi connectivity index (χ1) is 18.7. The first-order valence-corrected chi connectivity index (χ1v) is 14.4. The molecule has 7 nitrogen and oxygen atoms in total. The Kier molecular flexibility index (Phi) is 6.05. The average Bonchev–Trinajstić information content (AvgIpc) is 3.28. The number of hydrogen-bond acceptors (Lipinski definition) is 5. The summed E-state index contributed by atoms with van der Waals surface area (Å²) in [5, 5.41) is 11.4. The van der Waals surface area contributed by atoms with E-state index >= 15 is 0 Å². The van der Waals surface area contributed by atoms with Gasteiger partial charge < -0.3 is 14.5 Å². The summed E-state index contributed by atoms with van der Waals surface area (Å²) in [6, 6.07) is 17.4. The van der Waals surface area contributed by atoms with E-state index in [1.807, 2.05) is 25.2 Å². The van der Waals surface area contributed by atoms with Gasteiger partial charge in [0.05, 0.1) is 33.5 Å². The van der Waals surface area contributed by atoms with E-state index in [4.69, 9.17) is 0 Å². The number of nitriles is 1. The van der Waals surface area contributed by atoms with E-state index in [9.17, 15) is 22.4 Å². The van der Waals surface area contributed by atoms with Crippen LogP contribution >= 0.6 is 0 Å². The smallest absolute Gasteiger partial charge is 0.332 e. The van der Waals surface area contributed by atoms with Crippen LogP contribution in [0.3, 0.4) is 0 Å². The molecule has 0 amide bonds. The second-order valence-electron chi connectivity index (χ2n) is 10.4. The Bertz CT molecular complexity index is 2000. The molecule has 0 saturated carbocycles. The first kappa shape index (κ1) is 25.3. The maximum absolute atomic E-state index is 14.1. The Hall–Kier alpha value is -4.00. The van der Waals surface area contributed by atoms with Gasteiger partial charge in [-0.3, -0.25) is 4.79 Å². The lowest BCUT2D eigenvalue weighted by atomic mass is 9.93. The van der Waals surface area contributed by atoms with Gasteiger partial charge in [-0.2, -0.15) is 13.7 Å². The maximum Gasteiger partial charge on any atom is 0.332 e. The first-order valence-electron chi connectivity index (χ1n) is 13.0. The van der Waals surface area contributed by atoms with Crippen molar-refractivity contribution in [3.8, 4) is 17.2 Å². The zero-order valence-corrected chi connectivity index (χ0v) is 22.5. The molecular formula is C30H27FN4O3S. The van der Waals surface area contributed by atoms with Gasteiger partial charge in [-0.1, -0.05) is 31.5 Å². The molecule has 0 radical (unpaired) electrons. The largest absolute Gasteiger partial charge is 0.340 e. The van der Waals surface area contributed by atoms with Crippen LogP contribution in [0.1, 0.15) is 36.9 Å². The molecule has 0 spiro atoms. The van der Waals surface area contributed by atoms with E-state index in [2.05, 4.69) is 27.4 Å². The summed E-state index contributed by atoms with van der Waals surface area (Å²) in [4.78, 5) is 19.3. The fraction of sp³-hybridized carbons (Fsp3) is 0.267.